The third kappa shape index (κ3) is 4.83. The zero-order valence-electron chi connectivity index (χ0n) is 19.5. The first-order valence-corrected chi connectivity index (χ1v) is 11.4. The number of nitrogens with zero attached hydrogens (tertiary/aromatic N) is 2. The number of fused-ring (bicyclic) bond motifs is 1. The summed E-state index contributed by atoms with van der Waals surface area (Å²) in [4.78, 5) is 51.1. The molecule has 0 spiro atoms. The molecule has 12 heteroatoms. The fraction of sp³-hybridized carbons (Fsp3) is 0.773. The van der Waals surface area contributed by atoms with E-state index < -0.39 is 53.9 Å². The van der Waals surface area contributed by atoms with E-state index in [-0.39, 0.29) is 36.1 Å². The van der Waals surface area contributed by atoms with Gasteiger partial charge in [0, 0.05) is 19.0 Å². The van der Waals surface area contributed by atoms with Crippen molar-refractivity contribution in [2.24, 2.45) is 29.1 Å². The van der Waals surface area contributed by atoms with Crippen LogP contribution < -0.4 is 16.0 Å². The van der Waals surface area contributed by atoms with Gasteiger partial charge in [0.15, 0.2) is 0 Å². The Balaban J connectivity index is 1.77. The van der Waals surface area contributed by atoms with E-state index in [1.54, 1.807) is 5.32 Å². The molecule has 9 nitrogen and oxygen atoms in total. The number of carbonyl (C=O) groups excluding carboxylic acids is 4. The maximum Gasteiger partial charge on any atom is 0.471 e. The lowest BCUT2D eigenvalue weighted by Crippen LogP contribution is -2.59. The van der Waals surface area contributed by atoms with E-state index in [9.17, 15) is 37.6 Å². The molecule has 34 heavy (non-hydrogen) atoms. The maximum atomic E-state index is 13.3. The fourth-order valence-corrected chi connectivity index (χ4v) is 5.28. The number of alkyl halides is 3. The van der Waals surface area contributed by atoms with Gasteiger partial charge in [0.1, 0.15) is 18.1 Å². The van der Waals surface area contributed by atoms with Crippen LogP contribution in [-0.4, -0.2) is 65.9 Å². The minimum Gasteiger partial charge on any atom is -0.356 e. The SMILES string of the molecule is CC(C)[C@H](NC(=O)C(F)(F)F)C(=O)N1CC2C(C1C(=O)N[C@H](C#N)C[C@@H]1CCNC1=O)C2(C)C. The lowest BCUT2D eigenvalue weighted by molar-refractivity contribution is -0.175. The second kappa shape index (κ2) is 9.07. The minimum absolute atomic E-state index is 0.0283. The Bertz CT molecular complexity index is 913. The largest absolute Gasteiger partial charge is 0.471 e. The van der Waals surface area contributed by atoms with Gasteiger partial charge in [0.25, 0.3) is 0 Å². The molecule has 3 N–H and O–H groups in total. The third-order valence-corrected chi connectivity index (χ3v) is 7.39. The molecule has 2 heterocycles. The Morgan fingerprint density at radius 1 is 1.26 bits per heavy atom. The van der Waals surface area contributed by atoms with Crippen LogP contribution in [0.1, 0.15) is 40.5 Å². The van der Waals surface area contributed by atoms with Crippen LogP contribution >= 0.6 is 0 Å². The molecule has 2 saturated heterocycles. The lowest BCUT2D eigenvalue weighted by Gasteiger charge is -2.34. The maximum absolute atomic E-state index is 13.3. The van der Waals surface area contributed by atoms with Gasteiger partial charge in [-0.2, -0.15) is 18.4 Å². The van der Waals surface area contributed by atoms with Crippen LogP contribution in [0.2, 0.25) is 0 Å². The van der Waals surface area contributed by atoms with Gasteiger partial charge in [-0.15, -0.1) is 0 Å². The van der Waals surface area contributed by atoms with Crippen LogP contribution in [-0.2, 0) is 19.2 Å². The molecule has 0 bridgehead atoms. The topological polar surface area (TPSA) is 131 Å². The van der Waals surface area contributed by atoms with Crippen molar-refractivity contribution in [3.05, 3.63) is 0 Å². The third-order valence-electron chi connectivity index (χ3n) is 7.39. The molecule has 3 rings (SSSR count). The van der Waals surface area contributed by atoms with Crippen LogP contribution in [0.25, 0.3) is 0 Å². The van der Waals surface area contributed by atoms with Crippen LogP contribution in [0.5, 0.6) is 0 Å². The molecular weight excluding hydrogens is 455 g/mol. The molecule has 188 valence electrons. The molecule has 2 aliphatic heterocycles. The predicted molar refractivity (Wildman–Crippen MR) is 112 cm³/mol. The first kappa shape index (κ1) is 25.8. The summed E-state index contributed by atoms with van der Waals surface area (Å²) in [6, 6.07) is -1.41. The van der Waals surface area contributed by atoms with Crippen molar-refractivity contribution >= 4 is 23.6 Å². The van der Waals surface area contributed by atoms with E-state index >= 15 is 0 Å². The van der Waals surface area contributed by atoms with Crippen molar-refractivity contribution in [3.63, 3.8) is 0 Å². The number of nitriles is 1. The quantitative estimate of drug-likeness (QED) is 0.489. The smallest absolute Gasteiger partial charge is 0.356 e. The van der Waals surface area contributed by atoms with Crippen molar-refractivity contribution in [2.45, 2.75) is 64.8 Å². The van der Waals surface area contributed by atoms with Gasteiger partial charge in [-0.3, -0.25) is 19.2 Å². The molecule has 3 unspecified atom stereocenters. The Morgan fingerprint density at radius 2 is 1.91 bits per heavy atom. The molecule has 0 aromatic rings. The number of hydrogen-bond acceptors (Lipinski definition) is 5. The Morgan fingerprint density at radius 3 is 2.41 bits per heavy atom. The van der Waals surface area contributed by atoms with Gasteiger partial charge < -0.3 is 20.9 Å². The molecule has 6 atom stereocenters. The molecule has 4 amide bonds. The molecule has 1 aliphatic carbocycles. The lowest BCUT2D eigenvalue weighted by atomic mass is 9.96. The number of rotatable bonds is 7. The van der Waals surface area contributed by atoms with E-state index in [4.69, 9.17) is 0 Å². The van der Waals surface area contributed by atoms with Gasteiger partial charge in [0.05, 0.1) is 6.07 Å². The van der Waals surface area contributed by atoms with Gasteiger partial charge in [0.2, 0.25) is 17.7 Å². The molecule has 0 radical (unpaired) electrons. The average Bonchev–Trinajstić information content (AvgIpc) is 3.10. The van der Waals surface area contributed by atoms with Crippen LogP contribution in [0.15, 0.2) is 0 Å². The molecule has 3 fully saturated rings. The number of carbonyl (C=O) groups is 4. The Kier molecular flexibility index (Phi) is 6.88. The summed E-state index contributed by atoms with van der Waals surface area (Å²) in [5.74, 6) is -5.06. The van der Waals surface area contributed by atoms with Crippen LogP contribution in [0.3, 0.4) is 0 Å². The summed E-state index contributed by atoms with van der Waals surface area (Å²) in [7, 11) is 0. The highest BCUT2D eigenvalue weighted by molar-refractivity contribution is 5.94. The zero-order chi connectivity index (χ0) is 25.6. The van der Waals surface area contributed by atoms with Crippen molar-refractivity contribution < 1.29 is 32.3 Å². The molecule has 0 aromatic carbocycles. The highest BCUT2D eigenvalue weighted by Gasteiger charge is 2.69. The highest BCUT2D eigenvalue weighted by Crippen LogP contribution is 2.65. The van der Waals surface area contributed by atoms with Crippen LogP contribution in [0, 0.1) is 40.4 Å². The molecule has 1 saturated carbocycles. The normalized spacial score (nSPS) is 29.0. The molecule has 0 aromatic heterocycles. The number of hydrogen-bond donors (Lipinski definition) is 3. The highest BCUT2D eigenvalue weighted by atomic mass is 19.4. The van der Waals surface area contributed by atoms with E-state index in [2.05, 4.69) is 10.6 Å². The fourth-order valence-electron chi connectivity index (χ4n) is 5.28. The summed E-state index contributed by atoms with van der Waals surface area (Å²) in [6.45, 7) is 7.57. The molecular formula is C22H30F3N5O4. The summed E-state index contributed by atoms with van der Waals surface area (Å²) >= 11 is 0. The van der Waals surface area contributed by atoms with Gasteiger partial charge in [-0.1, -0.05) is 27.7 Å². The number of nitrogens with one attached hydrogen (secondary N) is 3. The van der Waals surface area contributed by atoms with Crippen molar-refractivity contribution in [3.8, 4) is 6.07 Å². The van der Waals surface area contributed by atoms with Gasteiger partial charge in [-0.25, -0.2) is 0 Å². The first-order chi connectivity index (χ1) is 15.7. The van der Waals surface area contributed by atoms with Crippen molar-refractivity contribution in [1.82, 2.24) is 20.9 Å². The first-order valence-electron chi connectivity index (χ1n) is 11.4. The van der Waals surface area contributed by atoms with E-state index in [1.807, 2.05) is 19.9 Å². The number of amides is 4. The summed E-state index contributed by atoms with van der Waals surface area (Å²) in [5.41, 5.74) is -0.255. The van der Waals surface area contributed by atoms with E-state index in [0.717, 1.165) is 0 Å². The summed E-state index contributed by atoms with van der Waals surface area (Å²) < 4.78 is 38.4. The van der Waals surface area contributed by atoms with Crippen LogP contribution in [0.4, 0.5) is 13.2 Å². The molecule has 3 aliphatic rings. The van der Waals surface area contributed by atoms with E-state index in [1.165, 1.54) is 18.7 Å². The Labute approximate surface area is 195 Å². The number of piperidine rings is 1. The van der Waals surface area contributed by atoms with Gasteiger partial charge in [-0.05, 0) is 36.0 Å². The van der Waals surface area contributed by atoms with E-state index in [0.29, 0.717) is 13.0 Å². The minimum atomic E-state index is -5.15. The second-order valence-corrected chi connectivity index (χ2v) is 10.3. The summed E-state index contributed by atoms with van der Waals surface area (Å²) in [5, 5.41) is 16.6. The van der Waals surface area contributed by atoms with Crippen molar-refractivity contribution in [2.75, 3.05) is 13.1 Å². The number of likely N-dealkylation sites (tertiary alicyclic amines) is 1. The van der Waals surface area contributed by atoms with Crippen molar-refractivity contribution in [1.29, 1.82) is 5.26 Å². The standard InChI is InChI=1S/C22H30F3N5O4/c1-10(2)15(29-20(34)22(23,24)25)19(33)30-9-13-14(21(13,3)4)16(30)18(32)28-12(8-26)7-11-5-6-27-17(11)31/h10-16H,5-7,9H2,1-4H3,(H,27,31)(H,28,32)(H,29,34)/t11-,12-,13?,14?,15-,16?/m0/s1. The zero-order valence-corrected chi connectivity index (χ0v) is 19.5. The summed E-state index contributed by atoms with van der Waals surface area (Å²) in [6.07, 6.45) is -4.47. The average molecular weight is 486 g/mol. The Hall–Kier alpha value is -2.84. The monoisotopic (exact) mass is 485 g/mol. The predicted octanol–water partition coefficient (Wildman–Crippen LogP) is 0.707. The van der Waals surface area contributed by atoms with Gasteiger partial charge >= 0.3 is 12.1 Å². The number of halogens is 3. The second-order valence-electron chi connectivity index (χ2n) is 10.3.